The van der Waals surface area contributed by atoms with Crippen molar-refractivity contribution in [3.63, 3.8) is 0 Å². The zero-order chi connectivity index (χ0) is 15.3. The predicted octanol–water partition coefficient (Wildman–Crippen LogP) is 2.59. The Morgan fingerprint density at radius 2 is 1.39 bits per heavy atom. The zero-order valence-corrected chi connectivity index (χ0v) is 13.9. The van der Waals surface area contributed by atoms with E-state index in [1.165, 1.54) is 51.4 Å². The van der Waals surface area contributed by atoms with Crippen LogP contribution in [0.2, 0.25) is 0 Å². The Balaban J connectivity index is 1.44. The first-order valence-corrected chi connectivity index (χ1v) is 10.3. The van der Waals surface area contributed by atoms with Gasteiger partial charge in [0.25, 0.3) is 0 Å². The summed E-state index contributed by atoms with van der Waals surface area (Å²) >= 11 is 0. The second-order valence-corrected chi connectivity index (χ2v) is 9.62. The molecule has 6 rings (SSSR count). The summed E-state index contributed by atoms with van der Waals surface area (Å²) in [6.07, 6.45) is 10.2. The third-order valence-corrected chi connectivity index (χ3v) is 9.19. The van der Waals surface area contributed by atoms with Crippen molar-refractivity contribution in [2.45, 2.75) is 75.8 Å². The van der Waals surface area contributed by atoms with Crippen molar-refractivity contribution in [2.24, 2.45) is 47.3 Å². The first-order valence-electron chi connectivity index (χ1n) is 10.3. The lowest BCUT2D eigenvalue weighted by Gasteiger charge is -2.69. The highest BCUT2D eigenvalue weighted by molar-refractivity contribution is 5.16. The van der Waals surface area contributed by atoms with Crippen LogP contribution in [0.4, 0.5) is 0 Å². The summed E-state index contributed by atoms with van der Waals surface area (Å²) in [5.41, 5.74) is 0. The van der Waals surface area contributed by atoms with E-state index in [0.717, 1.165) is 23.7 Å². The van der Waals surface area contributed by atoms with Crippen molar-refractivity contribution in [1.29, 1.82) is 0 Å². The molecule has 1 aliphatic heterocycles. The van der Waals surface area contributed by atoms with Crippen molar-refractivity contribution in [3.8, 4) is 0 Å². The summed E-state index contributed by atoms with van der Waals surface area (Å²) in [7, 11) is 0. The average molecular weight is 318 g/mol. The summed E-state index contributed by atoms with van der Waals surface area (Å²) in [5.74, 6) is 4.88. The first kappa shape index (κ1) is 14.1. The van der Waals surface area contributed by atoms with E-state index >= 15 is 0 Å². The normalized spacial score (nSPS) is 66.0. The van der Waals surface area contributed by atoms with Crippen LogP contribution in [0.5, 0.6) is 0 Å². The number of aliphatic hydroxyl groups is 2. The number of hydrogen-bond donors (Lipinski definition) is 2. The molecule has 0 amide bonds. The fourth-order valence-corrected chi connectivity index (χ4v) is 8.57. The Morgan fingerprint density at radius 3 is 2.26 bits per heavy atom. The molecular formula is C20H30O3. The topological polar surface area (TPSA) is 49.7 Å². The predicted molar refractivity (Wildman–Crippen MR) is 85.5 cm³/mol. The molecule has 1 saturated heterocycles. The summed E-state index contributed by atoms with van der Waals surface area (Å²) in [5, 5.41) is 22.3. The molecule has 3 heteroatoms. The van der Waals surface area contributed by atoms with E-state index in [0.29, 0.717) is 23.9 Å². The number of hydrogen-bond acceptors (Lipinski definition) is 3. The van der Waals surface area contributed by atoms with E-state index in [1.807, 2.05) is 0 Å². The maximum absolute atomic E-state index is 11.2. The highest BCUT2D eigenvalue weighted by atomic mass is 16.5. The van der Waals surface area contributed by atoms with Crippen LogP contribution in [0.15, 0.2) is 0 Å². The molecule has 12 unspecified atom stereocenters. The van der Waals surface area contributed by atoms with E-state index in [1.54, 1.807) is 0 Å². The zero-order valence-electron chi connectivity index (χ0n) is 13.9. The van der Waals surface area contributed by atoms with Crippen molar-refractivity contribution in [1.82, 2.24) is 0 Å². The smallest absolute Gasteiger partial charge is 0.0897 e. The molecule has 12 atom stereocenters. The first-order chi connectivity index (χ1) is 11.3. The van der Waals surface area contributed by atoms with Crippen LogP contribution < -0.4 is 0 Å². The van der Waals surface area contributed by atoms with E-state index in [-0.39, 0.29) is 18.1 Å². The van der Waals surface area contributed by atoms with Gasteiger partial charge in [-0.05, 0) is 74.0 Å². The molecule has 0 aromatic rings. The lowest BCUT2D eigenvalue weighted by molar-refractivity contribution is -0.336. The van der Waals surface area contributed by atoms with Crippen LogP contribution in [0.25, 0.3) is 0 Å². The molecule has 6 aliphatic rings. The number of rotatable bonds is 0. The van der Waals surface area contributed by atoms with Gasteiger partial charge in [0.05, 0.1) is 24.4 Å². The quantitative estimate of drug-likeness (QED) is 0.722. The van der Waals surface area contributed by atoms with Gasteiger partial charge in [0, 0.05) is 11.8 Å². The van der Waals surface area contributed by atoms with Crippen LogP contribution in [-0.2, 0) is 4.74 Å². The fourth-order valence-electron chi connectivity index (χ4n) is 8.57. The molecule has 5 aliphatic carbocycles. The van der Waals surface area contributed by atoms with Crippen LogP contribution in [-0.4, -0.2) is 34.6 Å². The van der Waals surface area contributed by atoms with Crippen molar-refractivity contribution < 1.29 is 14.9 Å². The lowest BCUT2D eigenvalue weighted by Crippen LogP contribution is -2.73. The number of fused-ring (bicyclic) bond motifs is 2. The molecule has 0 aromatic heterocycles. The third-order valence-electron chi connectivity index (χ3n) is 9.19. The minimum absolute atomic E-state index is 0.0441. The van der Waals surface area contributed by atoms with Gasteiger partial charge in [-0.2, -0.15) is 0 Å². The molecule has 0 aromatic carbocycles. The summed E-state index contributed by atoms with van der Waals surface area (Å²) < 4.78 is 6.11. The molecule has 5 saturated carbocycles. The maximum Gasteiger partial charge on any atom is 0.0897 e. The Bertz CT molecular complexity index is 507. The van der Waals surface area contributed by atoms with Crippen LogP contribution >= 0.6 is 0 Å². The molecule has 23 heavy (non-hydrogen) atoms. The van der Waals surface area contributed by atoms with Gasteiger partial charge >= 0.3 is 0 Å². The second kappa shape index (κ2) is 4.74. The van der Waals surface area contributed by atoms with Crippen LogP contribution in [0, 0.1) is 47.3 Å². The summed E-state index contributed by atoms with van der Waals surface area (Å²) in [6.45, 7) is 0. The van der Waals surface area contributed by atoms with Gasteiger partial charge in [-0.3, -0.25) is 0 Å². The second-order valence-electron chi connectivity index (χ2n) is 9.62. The molecule has 1 heterocycles. The van der Waals surface area contributed by atoms with Gasteiger partial charge in [-0.25, -0.2) is 0 Å². The van der Waals surface area contributed by atoms with E-state index < -0.39 is 6.10 Å². The minimum Gasteiger partial charge on any atom is -0.392 e. The van der Waals surface area contributed by atoms with Gasteiger partial charge in [0.15, 0.2) is 0 Å². The van der Waals surface area contributed by atoms with Gasteiger partial charge in [0.1, 0.15) is 0 Å². The molecule has 0 radical (unpaired) electrons. The van der Waals surface area contributed by atoms with Gasteiger partial charge in [-0.1, -0.05) is 12.8 Å². The molecule has 3 nitrogen and oxygen atoms in total. The van der Waals surface area contributed by atoms with E-state index in [2.05, 4.69) is 0 Å². The van der Waals surface area contributed by atoms with E-state index in [4.69, 9.17) is 4.74 Å². The molecule has 6 fully saturated rings. The monoisotopic (exact) mass is 318 g/mol. The molecule has 128 valence electrons. The van der Waals surface area contributed by atoms with Gasteiger partial charge in [-0.15, -0.1) is 0 Å². The SMILES string of the molecule is OC1C2CCCCC2C2CCC3CCC4OC5C(O)C1C2C3C45. The maximum atomic E-state index is 11.2. The standard InChI is InChI=1S/C20H30O3/c21-18-12-4-2-1-3-10(12)11-7-5-9-6-8-13-16-14(9)15(11)17(18)19(22)20(16)23-13/h9-22H,1-8H2. The Kier molecular flexibility index (Phi) is 2.90. The summed E-state index contributed by atoms with van der Waals surface area (Å²) in [6, 6.07) is 0. The molecule has 0 spiro atoms. The molecule has 0 bridgehead atoms. The third kappa shape index (κ3) is 1.63. The highest BCUT2D eigenvalue weighted by Gasteiger charge is 2.68. The number of aliphatic hydroxyl groups excluding tert-OH is 2. The number of ether oxygens (including phenoxy) is 1. The fraction of sp³-hybridized carbons (Fsp3) is 1.00. The van der Waals surface area contributed by atoms with Gasteiger partial charge in [0.2, 0.25) is 0 Å². The average Bonchev–Trinajstić information content (AvgIpc) is 2.54. The Hall–Kier alpha value is -0.120. The van der Waals surface area contributed by atoms with Crippen molar-refractivity contribution in [2.75, 3.05) is 0 Å². The molecule has 2 N–H and O–H groups in total. The highest BCUT2D eigenvalue weighted by Crippen LogP contribution is 2.66. The largest absolute Gasteiger partial charge is 0.392 e. The Labute approximate surface area is 138 Å². The molecular weight excluding hydrogens is 288 g/mol. The lowest BCUT2D eigenvalue weighted by atomic mass is 9.41. The van der Waals surface area contributed by atoms with Crippen LogP contribution in [0.3, 0.4) is 0 Å². The summed E-state index contributed by atoms with van der Waals surface area (Å²) in [4.78, 5) is 0. The van der Waals surface area contributed by atoms with Crippen LogP contribution in [0.1, 0.15) is 51.4 Å². The van der Waals surface area contributed by atoms with Crippen molar-refractivity contribution in [3.05, 3.63) is 0 Å². The van der Waals surface area contributed by atoms with Crippen molar-refractivity contribution >= 4 is 0 Å². The van der Waals surface area contributed by atoms with Gasteiger partial charge < -0.3 is 14.9 Å². The minimum atomic E-state index is -0.408. The van der Waals surface area contributed by atoms with E-state index in [9.17, 15) is 10.2 Å². The Morgan fingerprint density at radius 1 is 0.609 bits per heavy atom.